The van der Waals surface area contributed by atoms with Crippen LogP contribution in [0, 0.1) is 39.5 Å². The van der Waals surface area contributed by atoms with Crippen molar-refractivity contribution in [2.45, 2.75) is 61.3 Å². The number of nitrogens with zero attached hydrogens (tertiary/aromatic N) is 1. The first-order valence-electron chi connectivity index (χ1n) is 11.1. The maximum absolute atomic E-state index is 8.86. The lowest BCUT2D eigenvalue weighted by atomic mass is 9.79. The third-order valence-electron chi connectivity index (χ3n) is 6.34. The first-order chi connectivity index (χ1) is 13.5. The van der Waals surface area contributed by atoms with E-state index in [0.29, 0.717) is 23.8 Å². The van der Waals surface area contributed by atoms with Gasteiger partial charge in [-0.25, -0.2) is 0 Å². The Kier molecular flexibility index (Phi) is 5.27. The van der Waals surface area contributed by atoms with Gasteiger partial charge in [0.05, 0.1) is 12.3 Å². The van der Waals surface area contributed by atoms with Crippen LogP contribution in [0.4, 0.5) is 0 Å². The zero-order valence-corrected chi connectivity index (χ0v) is 19.1. The van der Waals surface area contributed by atoms with Crippen LogP contribution in [0.1, 0.15) is 62.9 Å². The standard InChI is InChI=1S/C27H36N/c1-16(2)26(17(3)4)22-10-11-24-23(15-22)14-20(7)28(9)27(24)25-13-18(5)12-19(6)21(25)8/h10-17,26H,1-9H3/q+1/i14D. The van der Waals surface area contributed by atoms with Crippen molar-refractivity contribution in [3.63, 3.8) is 0 Å². The Labute approximate surface area is 172 Å². The van der Waals surface area contributed by atoms with Crippen molar-refractivity contribution in [1.82, 2.24) is 0 Å². The van der Waals surface area contributed by atoms with Crippen molar-refractivity contribution >= 4 is 10.8 Å². The number of aromatic nitrogens is 1. The Morgan fingerprint density at radius 1 is 0.893 bits per heavy atom. The maximum Gasteiger partial charge on any atom is 0.220 e. The molecule has 0 amide bonds. The van der Waals surface area contributed by atoms with Gasteiger partial charge in [0.25, 0.3) is 0 Å². The van der Waals surface area contributed by atoms with Crippen molar-refractivity contribution in [2.75, 3.05) is 0 Å². The summed E-state index contributed by atoms with van der Waals surface area (Å²) in [6.45, 7) is 17.8. The molecule has 148 valence electrons. The number of hydrogen-bond donors (Lipinski definition) is 0. The second kappa shape index (κ2) is 7.70. The molecule has 0 radical (unpaired) electrons. The van der Waals surface area contributed by atoms with Crippen LogP contribution in [-0.2, 0) is 7.05 Å². The van der Waals surface area contributed by atoms with Crippen molar-refractivity contribution in [2.24, 2.45) is 18.9 Å². The fraction of sp³-hybridized carbons (Fsp3) is 0.444. The van der Waals surface area contributed by atoms with Crippen molar-refractivity contribution in [1.29, 1.82) is 0 Å². The van der Waals surface area contributed by atoms with Gasteiger partial charge in [-0.2, -0.15) is 4.57 Å². The molecule has 0 unspecified atom stereocenters. The van der Waals surface area contributed by atoms with Gasteiger partial charge >= 0.3 is 0 Å². The number of fused-ring (bicyclic) bond motifs is 1. The monoisotopic (exact) mass is 375 g/mol. The van der Waals surface area contributed by atoms with E-state index < -0.39 is 0 Å². The summed E-state index contributed by atoms with van der Waals surface area (Å²) in [5, 5.41) is 2.24. The van der Waals surface area contributed by atoms with Crippen molar-refractivity contribution < 1.29 is 5.94 Å². The third-order valence-corrected chi connectivity index (χ3v) is 6.34. The van der Waals surface area contributed by atoms with Gasteiger partial charge in [-0.05, 0) is 72.7 Å². The molecule has 3 rings (SSSR count). The van der Waals surface area contributed by atoms with E-state index in [1.54, 1.807) is 0 Å². The minimum Gasteiger partial charge on any atom is -0.198 e. The van der Waals surface area contributed by atoms with E-state index in [9.17, 15) is 0 Å². The average molecular weight is 376 g/mol. The zero-order valence-electron chi connectivity index (χ0n) is 20.1. The topological polar surface area (TPSA) is 3.88 Å². The van der Waals surface area contributed by atoms with Gasteiger partial charge in [0, 0.05) is 13.0 Å². The average Bonchev–Trinajstić information content (AvgIpc) is 2.63. The molecule has 0 aliphatic heterocycles. The largest absolute Gasteiger partial charge is 0.220 e. The van der Waals surface area contributed by atoms with E-state index >= 15 is 0 Å². The lowest BCUT2D eigenvalue weighted by molar-refractivity contribution is -0.665. The second-order valence-electron chi connectivity index (χ2n) is 9.19. The van der Waals surface area contributed by atoms with Crippen LogP contribution in [0.3, 0.4) is 0 Å². The molecule has 3 aromatic rings. The molecule has 0 bridgehead atoms. The summed E-state index contributed by atoms with van der Waals surface area (Å²) in [6.07, 6.45) is 0. The molecule has 0 saturated heterocycles. The number of pyridine rings is 1. The lowest BCUT2D eigenvalue weighted by Gasteiger charge is -2.25. The number of rotatable bonds is 4. The molecule has 28 heavy (non-hydrogen) atoms. The van der Waals surface area contributed by atoms with E-state index in [4.69, 9.17) is 1.37 Å². The van der Waals surface area contributed by atoms with E-state index in [1.807, 2.05) is 0 Å². The first kappa shape index (κ1) is 19.2. The molecule has 0 saturated carbocycles. The van der Waals surface area contributed by atoms with E-state index in [2.05, 4.69) is 97.3 Å². The molecule has 0 N–H and O–H groups in total. The molecule has 0 aliphatic rings. The molecular formula is C27H36N+. The Hall–Kier alpha value is -2.15. The van der Waals surface area contributed by atoms with Crippen LogP contribution in [0.2, 0.25) is 0 Å². The molecule has 2 aromatic carbocycles. The number of benzene rings is 2. The summed E-state index contributed by atoms with van der Waals surface area (Å²) >= 11 is 0. The van der Waals surface area contributed by atoms with Crippen LogP contribution in [0.5, 0.6) is 0 Å². The highest BCUT2D eigenvalue weighted by Gasteiger charge is 2.24. The Balaban J connectivity index is 2.39. The molecule has 1 nitrogen and oxygen atoms in total. The molecule has 0 spiro atoms. The molecule has 1 aromatic heterocycles. The van der Waals surface area contributed by atoms with Gasteiger partial charge in [-0.15, -0.1) is 0 Å². The fourth-order valence-corrected chi connectivity index (χ4v) is 4.86. The van der Waals surface area contributed by atoms with Crippen LogP contribution in [0.15, 0.2) is 36.4 Å². The van der Waals surface area contributed by atoms with Gasteiger partial charge in [-0.1, -0.05) is 51.5 Å². The summed E-state index contributed by atoms with van der Waals surface area (Å²) in [6, 6.07) is 12.0. The summed E-state index contributed by atoms with van der Waals surface area (Å²) in [5.41, 5.74) is 8.76. The van der Waals surface area contributed by atoms with Crippen molar-refractivity contribution in [3.8, 4) is 11.3 Å². The molecule has 0 aliphatic carbocycles. The highest BCUT2D eigenvalue weighted by molar-refractivity contribution is 5.94. The molecule has 0 atom stereocenters. The van der Waals surface area contributed by atoms with E-state index in [1.165, 1.54) is 38.9 Å². The SMILES string of the molecule is [2H]c1c(C)[n+](C)c(-c2cc(C)cc(C)c2C)c2ccc(C(C(C)C)C(C)C)cc12. The summed E-state index contributed by atoms with van der Waals surface area (Å²) in [7, 11) is 2.10. The lowest BCUT2D eigenvalue weighted by Crippen LogP contribution is -2.35. The van der Waals surface area contributed by atoms with E-state index in [0.717, 1.165) is 11.1 Å². The van der Waals surface area contributed by atoms with Crippen molar-refractivity contribution in [3.05, 3.63) is 64.3 Å². The highest BCUT2D eigenvalue weighted by atomic mass is 14.9. The van der Waals surface area contributed by atoms with Gasteiger partial charge in [0.15, 0.2) is 5.69 Å². The normalized spacial score (nSPS) is 12.5. The van der Waals surface area contributed by atoms with Crippen LogP contribution >= 0.6 is 0 Å². The summed E-state index contributed by atoms with van der Waals surface area (Å²) in [5.74, 6) is 1.65. The van der Waals surface area contributed by atoms with Gasteiger partial charge in [0.2, 0.25) is 5.69 Å². The van der Waals surface area contributed by atoms with Crippen LogP contribution in [-0.4, -0.2) is 0 Å². The van der Waals surface area contributed by atoms with Gasteiger partial charge in [-0.3, -0.25) is 0 Å². The number of aryl methyl sites for hydroxylation is 2. The summed E-state index contributed by atoms with van der Waals surface area (Å²) < 4.78 is 11.1. The molecule has 0 fully saturated rings. The van der Waals surface area contributed by atoms with Gasteiger partial charge in [0.1, 0.15) is 7.05 Å². The first-order valence-corrected chi connectivity index (χ1v) is 10.6. The molecule has 1 heterocycles. The maximum atomic E-state index is 8.86. The zero-order chi connectivity index (χ0) is 21.6. The highest BCUT2D eigenvalue weighted by Crippen LogP contribution is 2.36. The fourth-order valence-electron chi connectivity index (χ4n) is 4.86. The van der Waals surface area contributed by atoms with Gasteiger partial charge < -0.3 is 0 Å². The summed E-state index contributed by atoms with van der Waals surface area (Å²) in [4.78, 5) is 0. The smallest absolute Gasteiger partial charge is 0.198 e. The number of hydrogen-bond acceptors (Lipinski definition) is 0. The van der Waals surface area contributed by atoms with E-state index in [-0.39, 0.29) is 0 Å². The Bertz CT molecular complexity index is 1070. The Morgan fingerprint density at radius 3 is 2.14 bits per heavy atom. The minimum absolute atomic E-state index is 0.500. The van der Waals surface area contributed by atoms with Crippen LogP contribution in [0.25, 0.3) is 22.0 Å². The predicted octanol–water partition coefficient (Wildman–Crippen LogP) is 6.96. The quantitative estimate of drug-likeness (QED) is 0.434. The van der Waals surface area contributed by atoms with Crippen LogP contribution < -0.4 is 4.57 Å². The Morgan fingerprint density at radius 2 is 1.54 bits per heavy atom. The predicted molar refractivity (Wildman–Crippen MR) is 122 cm³/mol. The third kappa shape index (κ3) is 3.60. The minimum atomic E-state index is 0.500. The molecular weight excluding hydrogens is 338 g/mol. The molecule has 1 heteroatoms. The second-order valence-corrected chi connectivity index (χ2v) is 9.19.